The molecule has 0 radical (unpaired) electrons. The third-order valence-electron chi connectivity index (χ3n) is 3.80. The zero-order chi connectivity index (χ0) is 14.7. The van der Waals surface area contributed by atoms with E-state index in [1.54, 1.807) is 5.38 Å². The first-order valence-corrected chi connectivity index (χ1v) is 7.94. The van der Waals surface area contributed by atoms with Crippen LogP contribution in [0.5, 0.6) is 0 Å². The molecule has 2 atom stereocenters. The Bertz CT molecular complexity index is 611. The molecule has 4 nitrogen and oxygen atoms in total. The first-order chi connectivity index (χ1) is 10.2. The minimum atomic E-state index is -0.952. The van der Waals surface area contributed by atoms with E-state index in [9.17, 15) is 4.79 Å². The number of rotatable bonds is 5. The van der Waals surface area contributed by atoms with E-state index in [1.165, 1.54) is 16.9 Å². The van der Waals surface area contributed by atoms with Gasteiger partial charge in [-0.1, -0.05) is 30.3 Å². The fourth-order valence-electron chi connectivity index (χ4n) is 2.68. The summed E-state index contributed by atoms with van der Waals surface area (Å²) in [6.45, 7) is 0.635. The molecule has 110 valence electrons. The molecule has 0 bridgehead atoms. The molecule has 0 unspecified atom stereocenters. The van der Waals surface area contributed by atoms with Crippen LogP contribution in [0.1, 0.15) is 46.2 Å². The van der Waals surface area contributed by atoms with Crippen molar-refractivity contribution in [1.29, 1.82) is 0 Å². The summed E-state index contributed by atoms with van der Waals surface area (Å²) in [4.78, 5) is 15.1. The van der Waals surface area contributed by atoms with Crippen molar-refractivity contribution in [2.24, 2.45) is 0 Å². The second kappa shape index (κ2) is 6.37. The summed E-state index contributed by atoms with van der Waals surface area (Å²) in [5.74, 6) is -0.615. The summed E-state index contributed by atoms with van der Waals surface area (Å²) < 4.78 is 5.96. The van der Waals surface area contributed by atoms with Gasteiger partial charge < -0.3 is 9.84 Å². The fraction of sp³-hybridized carbons (Fsp3) is 0.375. The molecule has 1 fully saturated rings. The molecule has 0 aliphatic heterocycles. The molecule has 1 aromatic heterocycles. The molecule has 1 N–H and O–H groups in total. The van der Waals surface area contributed by atoms with Crippen LogP contribution in [0.15, 0.2) is 35.7 Å². The lowest BCUT2D eigenvalue weighted by atomic mass is 10.1. The van der Waals surface area contributed by atoms with Crippen molar-refractivity contribution in [3.63, 3.8) is 0 Å². The second-order valence-electron chi connectivity index (χ2n) is 5.30. The van der Waals surface area contributed by atoms with E-state index in [2.05, 4.69) is 17.1 Å². The number of thiazole rings is 1. The topological polar surface area (TPSA) is 59.4 Å². The minimum Gasteiger partial charge on any atom is -0.476 e. The summed E-state index contributed by atoms with van der Waals surface area (Å²) >= 11 is 1.44. The smallest absolute Gasteiger partial charge is 0.355 e. The summed E-state index contributed by atoms with van der Waals surface area (Å²) in [6, 6.07) is 10.1. The van der Waals surface area contributed by atoms with Gasteiger partial charge in [-0.15, -0.1) is 11.3 Å². The maximum Gasteiger partial charge on any atom is 0.355 e. The lowest BCUT2D eigenvalue weighted by molar-refractivity contribution is 0.0447. The minimum absolute atomic E-state index is 0.156. The Morgan fingerprint density at radius 3 is 2.86 bits per heavy atom. The van der Waals surface area contributed by atoms with Crippen LogP contribution in [-0.2, 0) is 11.3 Å². The third-order valence-corrected chi connectivity index (χ3v) is 4.81. The Labute approximate surface area is 127 Å². The number of hydrogen-bond acceptors (Lipinski definition) is 4. The number of nitrogens with zero attached hydrogens (tertiary/aromatic N) is 1. The lowest BCUT2D eigenvalue weighted by Gasteiger charge is -2.11. The fourth-order valence-corrected chi connectivity index (χ4v) is 3.62. The van der Waals surface area contributed by atoms with E-state index in [0.717, 1.165) is 24.3 Å². The van der Waals surface area contributed by atoms with E-state index in [-0.39, 0.29) is 11.8 Å². The third kappa shape index (κ3) is 3.49. The van der Waals surface area contributed by atoms with Crippen LogP contribution >= 0.6 is 11.3 Å². The Morgan fingerprint density at radius 1 is 1.33 bits per heavy atom. The monoisotopic (exact) mass is 303 g/mol. The van der Waals surface area contributed by atoms with Gasteiger partial charge in [-0.3, -0.25) is 0 Å². The number of benzene rings is 1. The summed E-state index contributed by atoms with van der Waals surface area (Å²) in [5.41, 5.74) is 1.34. The second-order valence-corrected chi connectivity index (χ2v) is 6.19. The first-order valence-electron chi connectivity index (χ1n) is 7.06. The van der Waals surface area contributed by atoms with Crippen molar-refractivity contribution in [3.05, 3.63) is 52.0 Å². The predicted octanol–water partition coefficient (Wildman–Crippen LogP) is 3.69. The van der Waals surface area contributed by atoms with Crippen LogP contribution in [-0.4, -0.2) is 22.2 Å². The highest BCUT2D eigenvalue weighted by molar-refractivity contribution is 7.09. The maximum atomic E-state index is 10.9. The van der Waals surface area contributed by atoms with Gasteiger partial charge in [0.05, 0.1) is 17.7 Å². The van der Waals surface area contributed by atoms with Gasteiger partial charge in [0.2, 0.25) is 0 Å². The molecule has 1 saturated carbocycles. The Kier molecular flexibility index (Phi) is 4.31. The van der Waals surface area contributed by atoms with Gasteiger partial charge >= 0.3 is 5.97 Å². The Morgan fingerprint density at radius 2 is 2.14 bits per heavy atom. The number of carboxylic acid groups (broad SMARTS) is 1. The van der Waals surface area contributed by atoms with Crippen molar-refractivity contribution in [2.45, 2.75) is 37.9 Å². The Balaban J connectivity index is 1.54. The highest BCUT2D eigenvalue weighted by atomic mass is 32.1. The number of carboxylic acids is 1. The molecule has 0 amide bonds. The van der Waals surface area contributed by atoms with Crippen LogP contribution in [0.4, 0.5) is 0 Å². The van der Waals surface area contributed by atoms with Crippen LogP contribution in [0.25, 0.3) is 0 Å². The van der Waals surface area contributed by atoms with E-state index >= 15 is 0 Å². The van der Waals surface area contributed by atoms with E-state index in [1.807, 2.05) is 18.2 Å². The lowest BCUT2D eigenvalue weighted by Crippen LogP contribution is -2.08. The molecule has 1 aromatic carbocycles. The van der Waals surface area contributed by atoms with Crippen LogP contribution in [0.3, 0.4) is 0 Å². The van der Waals surface area contributed by atoms with Gasteiger partial charge in [-0.2, -0.15) is 0 Å². The van der Waals surface area contributed by atoms with Gasteiger partial charge in [-0.25, -0.2) is 9.78 Å². The molecule has 1 aliphatic carbocycles. The van der Waals surface area contributed by atoms with Crippen LogP contribution < -0.4 is 0 Å². The van der Waals surface area contributed by atoms with Crippen molar-refractivity contribution < 1.29 is 14.6 Å². The molecule has 0 saturated heterocycles. The summed E-state index contributed by atoms with van der Waals surface area (Å²) in [6.07, 6.45) is 3.21. The largest absolute Gasteiger partial charge is 0.476 e. The number of hydrogen-bond donors (Lipinski definition) is 1. The van der Waals surface area contributed by atoms with Crippen molar-refractivity contribution in [2.75, 3.05) is 0 Å². The molecule has 3 rings (SSSR count). The summed E-state index contributed by atoms with van der Waals surface area (Å²) in [7, 11) is 0. The van der Waals surface area contributed by atoms with Gasteiger partial charge in [0, 0.05) is 11.3 Å². The van der Waals surface area contributed by atoms with Gasteiger partial charge in [0.1, 0.15) is 0 Å². The van der Waals surface area contributed by atoms with Crippen molar-refractivity contribution in [1.82, 2.24) is 4.98 Å². The highest BCUT2D eigenvalue weighted by Crippen LogP contribution is 2.37. The number of aromatic carboxylic acids is 1. The normalized spacial score (nSPS) is 21.5. The zero-order valence-corrected chi connectivity index (χ0v) is 12.4. The molecular formula is C16H17NO3S. The average Bonchev–Trinajstić information content (AvgIpc) is 3.15. The molecule has 21 heavy (non-hydrogen) atoms. The van der Waals surface area contributed by atoms with Crippen molar-refractivity contribution >= 4 is 17.3 Å². The highest BCUT2D eigenvalue weighted by Gasteiger charge is 2.29. The predicted molar refractivity (Wildman–Crippen MR) is 80.7 cm³/mol. The number of aromatic nitrogens is 1. The SMILES string of the molecule is O=C(O)c1csc([C@H]2CC[C@@H](OCc3ccccc3)C2)n1. The summed E-state index contributed by atoms with van der Waals surface area (Å²) in [5, 5.41) is 11.5. The van der Waals surface area contributed by atoms with E-state index in [0.29, 0.717) is 12.5 Å². The zero-order valence-electron chi connectivity index (χ0n) is 11.6. The Hall–Kier alpha value is -1.72. The molecule has 1 heterocycles. The van der Waals surface area contributed by atoms with Gasteiger partial charge in [0.15, 0.2) is 5.69 Å². The van der Waals surface area contributed by atoms with Gasteiger partial charge in [0.25, 0.3) is 0 Å². The van der Waals surface area contributed by atoms with Crippen molar-refractivity contribution in [3.8, 4) is 0 Å². The maximum absolute atomic E-state index is 10.9. The molecular weight excluding hydrogens is 286 g/mol. The molecule has 1 aliphatic rings. The first kappa shape index (κ1) is 14.2. The number of carbonyl (C=O) groups is 1. The van der Waals surface area contributed by atoms with Gasteiger partial charge in [-0.05, 0) is 24.8 Å². The molecule has 2 aromatic rings. The van der Waals surface area contributed by atoms with Crippen LogP contribution in [0.2, 0.25) is 0 Å². The molecule has 0 spiro atoms. The van der Waals surface area contributed by atoms with E-state index < -0.39 is 5.97 Å². The quantitative estimate of drug-likeness (QED) is 0.915. The molecule has 5 heteroatoms. The standard InChI is InChI=1S/C16H17NO3S/c18-16(19)14-10-21-15(17-14)12-6-7-13(8-12)20-9-11-4-2-1-3-5-11/h1-5,10,12-13H,6-9H2,(H,18,19)/t12-,13+/m0/s1. The van der Waals surface area contributed by atoms with Crippen LogP contribution in [0, 0.1) is 0 Å². The average molecular weight is 303 g/mol. The number of ether oxygens (including phenoxy) is 1. The van der Waals surface area contributed by atoms with E-state index in [4.69, 9.17) is 9.84 Å².